The Kier molecular flexibility index (Phi) is 1.38. The second kappa shape index (κ2) is 2.66. The van der Waals surface area contributed by atoms with Crippen molar-refractivity contribution in [3.05, 3.63) is 36.7 Å². The van der Waals surface area contributed by atoms with Crippen LogP contribution in [0.15, 0.2) is 41.1 Å². The standard InChI is InChI=1S/C9H6N4O/c1-2-4-7(5-3-1)8-12-13-6-10-11-9(13)14-8/h1-6H. The molecule has 0 saturated heterocycles. The Morgan fingerprint density at radius 1 is 1.14 bits per heavy atom. The molecule has 0 bridgehead atoms. The molecule has 0 radical (unpaired) electrons. The van der Waals surface area contributed by atoms with Crippen LogP contribution >= 0.6 is 0 Å². The zero-order valence-corrected chi connectivity index (χ0v) is 7.16. The van der Waals surface area contributed by atoms with Crippen molar-refractivity contribution in [3.8, 4) is 11.5 Å². The summed E-state index contributed by atoms with van der Waals surface area (Å²) in [6.45, 7) is 0. The molecule has 0 amide bonds. The topological polar surface area (TPSA) is 56.2 Å². The van der Waals surface area contributed by atoms with E-state index in [4.69, 9.17) is 4.42 Å². The molecule has 0 aliphatic carbocycles. The zero-order valence-electron chi connectivity index (χ0n) is 7.16. The summed E-state index contributed by atoms with van der Waals surface area (Å²) in [5.74, 6) is 0.958. The summed E-state index contributed by atoms with van der Waals surface area (Å²) in [6, 6.07) is 9.66. The Morgan fingerprint density at radius 2 is 2.00 bits per heavy atom. The van der Waals surface area contributed by atoms with E-state index in [9.17, 15) is 0 Å². The first-order valence-electron chi connectivity index (χ1n) is 4.16. The van der Waals surface area contributed by atoms with E-state index in [0.717, 1.165) is 5.56 Å². The van der Waals surface area contributed by atoms with Gasteiger partial charge in [0.1, 0.15) is 6.33 Å². The summed E-state index contributed by atoms with van der Waals surface area (Å²) >= 11 is 0. The lowest BCUT2D eigenvalue weighted by molar-refractivity contribution is 0.601. The molecule has 14 heavy (non-hydrogen) atoms. The van der Waals surface area contributed by atoms with Gasteiger partial charge in [-0.05, 0) is 12.1 Å². The Bertz CT molecular complexity index is 526. The number of benzene rings is 1. The van der Waals surface area contributed by atoms with E-state index < -0.39 is 0 Å². The molecule has 3 aromatic rings. The molecule has 0 fully saturated rings. The molecule has 5 nitrogen and oxygen atoms in total. The highest BCUT2D eigenvalue weighted by atomic mass is 16.4. The summed E-state index contributed by atoms with van der Waals surface area (Å²) in [5.41, 5.74) is 0.929. The lowest BCUT2D eigenvalue weighted by Gasteiger charge is -1.90. The van der Waals surface area contributed by atoms with Crippen LogP contribution in [0, 0.1) is 0 Å². The van der Waals surface area contributed by atoms with Gasteiger partial charge in [0.25, 0.3) is 0 Å². The van der Waals surface area contributed by atoms with E-state index >= 15 is 0 Å². The largest absolute Gasteiger partial charge is 0.402 e. The van der Waals surface area contributed by atoms with Crippen molar-refractivity contribution in [2.24, 2.45) is 0 Å². The monoisotopic (exact) mass is 186 g/mol. The summed E-state index contributed by atoms with van der Waals surface area (Å²) in [7, 11) is 0. The number of hydrogen-bond donors (Lipinski definition) is 0. The Balaban J connectivity index is 2.19. The van der Waals surface area contributed by atoms with Crippen molar-refractivity contribution in [2.75, 3.05) is 0 Å². The highest BCUT2D eigenvalue weighted by molar-refractivity contribution is 5.53. The highest BCUT2D eigenvalue weighted by Gasteiger charge is 2.07. The molecule has 0 atom stereocenters. The average molecular weight is 186 g/mol. The molecule has 0 spiro atoms. The summed E-state index contributed by atoms with van der Waals surface area (Å²) in [5, 5.41) is 11.6. The van der Waals surface area contributed by atoms with Gasteiger partial charge in [-0.15, -0.1) is 10.2 Å². The lowest BCUT2D eigenvalue weighted by atomic mass is 10.2. The Hall–Kier alpha value is -2.17. The fourth-order valence-electron chi connectivity index (χ4n) is 1.26. The third kappa shape index (κ3) is 0.990. The number of nitrogens with zero attached hydrogens (tertiary/aromatic N) is 4. The quantitative estimate of drug-likeness (QED) is 0.576. The van der Waals surface area contributed by atoms with Gasteiger partial charge in [0.05, 0.1) is 0 Å². The first kappa shape index (κ1) is 7.25. The second-order valence-electron chi connectivity index (χ2n) is 2.83. The number of aromatic nitrogens is 4. The fourth-order valence-corrected chi connectivity index (χ4v) is 1.26. The van der Waals surface area contributed by atoms with Gasteiger partial charge in [0, 0.05) is 5.56 Å². The van der Waals surface area contributed by atoms with Crippen molar-refractivity contribution in [2.45, 2.75) is 0 Å². The molecule has 0 saturated carbocycles. The molecular weight excluding hydrogens is 180 g/mol. The number of fused-ring (bicyclic) bond motifs is 1. The van der Waals surface area contributed by atoms with Crippen molar-refractivity contribution >= 4 is 5.84 Å². The highest BCUT2D eigenvalue weighted by Crippen LogP contribution is 2.17. The van der Waals surface area contributed by atoms with Gasteiger partial charge >= 0.3 is 5.84 Å². The molecule has 2 aromatic heterocycles. The molecule has 0 aliphatic heterocycles. The maximum absolute atomic E-state index is 5.37. The van der Waals surface area contributed by atoms with Gasteiger partial charge in [-0.2, -0.15) is 4.52 Å². The van der Waals surface area contributed by atoms with Crippen LogP contribution in [0.2, 0.25) is 0 Å². The maximum atomic E-state index is 5.37. The fraction of sp³-hybridized carbons (Fsp3) is 0. The molecule has 0 N–H and O–H groups in total. The Morgan fingerprint density at radius 3 is 2.79 bits per heavy atom. The number of hydrogen-bond acceptors (Lipinski definition) is 4. The van der Waals surface area contributed by atoms with E-state index in [0.29, 0.717) is 11.7 Å². The van der Waals surface area contributed by atoms with Crippen LogP contribution in [0.1, 0.15) is 0 Å². The van der Waals surface area contributed by atoms with E-state index in [1.54, 1.807) is 0 Å². The van der Waals surface area contributed by atoms with E-state index in [1.165, 1.54) is 10.8 Å². The number of rotatable bonds is 1. The smallest absolute Gasteiger partial charge is 0.345 e. The minimum absolute atomic E-state index is 0.406. The van der Waals surface area contributed by atoms with Gasteiger partial charge in [-0.25, -0.2) is 0 Å². The van der Waals surface area contributed by atoms with Crippen LogP contribution in [0.5, 0.6) is 0 Å². The van der Waals surface area contributed by atoms with Crippen LogP contribution in [0.3, 0.4) is 0 Å². The van der Waals surface area contributed by atoms with Gasteiger partial charge in [-0.3, -0.25) is 0 Å². The minimum Gasteiger partial charge on any atom is -0.402 e. The van der Waals surface area contributed by atoms with Gasteiger partial charge in [0.15, 0.2) is 0 Å². The third-order valence-corrected chi connectivity index (χ3v) is 1.91. The molecule has 68 valence electrons. The third-order valence-electron chi connectivity index (χ3n) is 1.91. The van der Waals surface area contributed by atoms with Crippen LogP contribution in [0.25, 0.3) is 17.3 Å². The van der Waals surface area contributed by atoms with Gasteiger partial charge in [-0.1, -0.05) is 23.3 Å². The lowest BCUT2D eigenvalue weighted by Crippen LogP contribution is -1.81. The molecule has 3 rings (SSSR count). The molecule has 0 unspecified atom stereocenters. The molecule has 1 aromatic carbocycles. The van der Waals surface area contributed by atoms with Crippen LogP contribution < -0.4 is 0 Å². The van der Waals surface area contributed by atoms with Crippen LogP contribution in [-0.2, 0) is 0 Å². The predicted molar refractivity (Wildman–Crippen MR) is 48.5 cm³/mol. The second-order valence-corrected chi connectivity index (χ2v) is 2.83. The summed E-state index contributed by atoms with van der Waals surface area (Å²) < 4.78 is 6.87. The normalized spacial score (nSPS) is 10.9. The van der Waals surface area contributed by atoms with Crippen molar-refractivity contribution in [1.82, 2.24) is 19.8 Å². The first-order valence-corrected chi connectivity index (χ1v) is 4.16. The van der Waals surface area contributed by atoms with E-state index in [-0.39, 0.29) is 0 Å². The molecule has 0 aliphatic rings. The predicted octanol–water partition coefficient (Wildman–Crippen LogP) is 1.38. The zero-order chi connectivity index (χ0) is 9.38. The first-order chi connectivity index (χ1) is 6.93. The van der Waals surface area contributed by atoms with Gasteiger partial charge in [0.2, 0.25) is 5.89 Å². The van der Waals surface area contributed by atoms with Crippen molar-refractivity contribution < 1.29 is 4.42 Å². The average Bonchev–Trinajstić information content (AvgIpc) is 2.78. The molecular formula is C9H6N4O. The van der Waals surface area contributed by atoms with Gasteiger partial charge < -0.3 is 4.42 Å². The molecule has 2 heterocycles. The minimum atomic E-state index is 0.406. The molecule has 5 heteroatoms. The van der Waals surface area contributed by atoms with Crippen LogP contribution in [-0.4, -0.2) is 19.8 Å². The maximum Gasteiger partial charge on any atom is 0.345 e. The Labute approximate surface area is 79.0 Å². The van der Waals surface area contributed by atoms with Crippen LogP contribution in [0.4, 0.5) is 0 Å². The van der Waals surface area contributed by atoms with Crippen molar-refractivity contribution in [1.29, 1.82) is 0 Å². The summed E-state index contributed by atoms with van der Waals surface area (Å²) in [6.07, 6.45) is 1.51. The van der Waals surface area contributed by atoms with E-state index in [2.05, 4.69) is 15.3 Å². The SMILES string of the molecule is c1ccc(-c2nn3cnnc3o2)cc1. The van der Waals surface area contributed by atoms with Crippen molar-refractivity contribution in [3.63, 3.8) is 0 Å². The van der Waals surface area contributed by atoms with E-state index in [1.807, 2.05) is 30.3 Å². The summed E-state index contributed by atoms with van der Waals surface area (Å²) in [4.78, 5) is 0.